The van der Waals surface area contributed by atoms with Crippen molar-refractivity contribution < 1.29 is 9.15 Å². The third kappa shape index (κ3) is 3.22. The lowest BCUT2D eigenvalue weighted by molar-refractivity contribution is -0.0347. The molecule has 5 nitrogen and oxygen atoms in total. The second-order valence-corrected chi connectivity index (χ2v) is 6.91. The average Bonchev–Trinajstić information content (AvgIpc) is 2.92. The van der Waals surface area contributed by atoms with Gasteiger partial charge in [0.1, 0.15) is 5.76 Å². The van der Waals surface area contributed by atoms with Crippen molar-refractivity contribution in [3.05, 3.63) is 40.7 Å². The van der Waals surface area contributed by atoms with Crippen molar-refractivity contribution in [2.24, 2.45) is 0 Å². The van der Waals surface area contributed by atoms with E-state index in [9.17, 15) is 0 Å². The van der Waals surface area contributed by atoms with Gasteiger partial charge in [0, 0.05) is 38.8 Å². The SMILES string of the molecule is Cc1oc(-c2ccccc2Cl)nc1CN1CC(N2CCOCC2)C1. The predicted molar refractivity (Wildman–Crippen MR) is 93.1 cm³/mol. The van der Waals surface area contributed by atoms with Crippen molar-refractivity contribution in [3.8, 4) is 11.5 Å². The Morgan fingerprint density at radius 2 is 1.96 bits per heavy atom. The molecule has 0 amide bonds. The van der Waals surface area contributed by atoms with E-state index in [2.05, 4.69) is 14.8 Å². The van der Waals surface area contributed by atoms with E-state index in [-0.39, 0.29) is 0 Å². The molecule has 0 saturated carbocycles. The number of morpholine rings is 1. The molecule has 1 aromatic carbocycles. The zero-order valence-electron chi connectivity index (χ0n) is 13.9. The number of rotatable bonds is 4. The summed E-state index contributed by atoms with van der Waals surface area (Å²) < 4.78 is 11.3. The standard InChI is InChI=1S/C18H22ClN3O2/c1-13-17(20-18(24-13)15-4-2-3-5-16(15)19)12-21-10-14(11-21)22-6-8-23-9-7-22/h2-5,14H,6-12H2,1H3. The Morgan fingerprint density at radius 1 is 1.21 bits per heavy atom. The molecule has 2 saturated heterocycles. The molecule has 0 aliphatic carbocycles. The van der Waals surface area contributed by atoms with Gasteiger partial charge >= 0.3 is 0 Å². The van der Waals surface area contributed by atoms with Crippen LogP contribution in [-0.4, -0.2) is 60.2 Å². The molecule has 0 N–H and O–H groups in total. The van der Waals surface area contributed by atoms with E-state index in [4.69, 9.17) is 20.8 Å². The first-order valence-corrected chi connectivity index (χ1v) is 8.84. The first kappa shape index (κ1) is 16.1. The zero-order valence-corrected chi connectivity index (χ0v) is 14.6. The molecule has 0 bridgehead atoms. The Kier molecular flexibility index (Phi) is 4.59. The number of hydrogen-bond donors (Lipinski definition) is 0. The van der Waals surface area contributed by atoms with Crippen LogP contribution in [0.4, 0.5) is 0 Å². The number of benzene rings is 1. The summed E-state index contributed by atoms with van der Waals surface area (Å²) in [6.45, 7) is 8.82. The van der Waals surface area contributed by atoms with Crippen molar-refractivity contribution in [3.63, 3.8) is 0 Å². The van der Waals surface area contributed by atoms with Crippen molar-refractivity contribution in [2.75, 3.05) is 39.4 Å². The normalized spacial score (nSPS) is 20.2. The molecule has 0 radical (unpaired) electrons. The van der Waals surface area contributed by atoms with Gasteiger partial charge in [-0.1, -0.05) is 23.7 Å². The van der Waals surface area contributed by atoms with E-state index in [1.165, 1.54) is 0 Å². The lowest BCUT2D eigenvalue weighted by Crippen LogP contribution is -2.60. The topological polar surface area (TPSA) is 41.7 Å². The Morgan fingerprint density at radius 3 is 2.71 bits per heavy atom. The average molecular weight is 348 g/mol. The Labute approximate surface area is 147 Å². The maximum Gasteiger partial charge on any atom is 0.228 e. The second-order valence-electron chi connectivity index (χ2n) is 6.50. The number of halogens is 1. The molecule has 24 heavy (non-hydrogen) atoms. The number of ether oxygens (including phenoxy) is 1. The van der Waals surface area contributed by atoms with Gasteiger partial charge in [-0.05, 0) is 19.1 Å². The van der Waals surface area contributed by atoms with Gasteiger partial charge in [0.15, 0.2) is 0 Å². The molecule has 2 aromatic rings. The van der Waals surface area contributed by atoms with Crippen molar-refractivity contribution in [1.82, 2.24) is 14.8 Å². The molecule has 4 rings (SSSR count). The minimum Gasteiger partial charge on any atom is -0.441 e. The number of nitrogens with zero attached hydrogens (tertiary/aromatic N) is 3. The van der Waals surface area contributed by atoms with Gasteiger partial charge in [0.25, 0.3) is 0 Å². The summed E-state index contributed by atoms with van der Waals surface area (Å²) >= 11 is 6.24. The Balaban J connectivity index is 1.39. The minimum absolute atomic E-state index is 0.610. The maximum atomic E-state index is 6.24. The number of aryl methyl sites for hydroxylation is 1. The van der Waals surface area contributed by atoms with Gasteiger partial charge in [-0.15, -0.1) is 0 Å². The highest BCUT2D eigenvalue weighted by Gasteiger charge is 2.33. The predicted octanol–water partition coefficient (Wildman–Crippen LogP) is 2.82. The van der Waals surface area contributed by atoms with Crippen LogP contribution in [0.1, 0.15) is 11.5 Å². The zero-order chi connectivity index (χ0) is 16.5. The molecule has 2 aliphatic heterocycles. The summed E-state index contributed by atoms with van der Waals surface area (Å²) in [4.78, 5) is 9.62. The molecule has 0 spiro atoms. The quantitative estimate of drug-likeness (QED) is 0.850. The van der Waals surface area contributed by atoms with E-state index in [0.29, 0.717) is 17.0 Å². The van der Waals surface area contributed by atoms with E-state index >= 15 is 0 Å². The first-order valence-electron chi connectivity index (χ1n) is 8.46. The highest BCUT2D eigenvalue weighted by Crippen LogP contribution is 2.29. The summed E-state index contributed by atoms with van der Waals surface area (Å²) in [5.41, 5.74) is 1.86. The van der Waals surface area contributed by atoms with Crippen LogP contribution in [0.5, 0.6) is 0 Å². The van der Waals surface area contributed by atoms with Crippen LogP contribution in [-0.2, 0) is 11.3 Å². The van der Waals surface area contributed by atoms with Crippen molar-refractivity contribution in [1.29, 1.82) is 0 Å². The molecule has 2 fully saturated rings. The third-order valence-electron chi connectivity index (χ3n) is 4.87. The van der Waals surface area contributed by atoms with Crippen LogP contribution >= 0.6 is 11.6 Å². The lowest BCUT2D eigenvalue weighted by Gasteiger charge is -2.46. The van der Waals surface area contributed by atoms with E-state index < -0.39 is 0 Å². The molecular weight excluding hydrogens is 326 g/mol. The van der Waals surface area contributed by atoms with Crippen molar-refractivity contribution >= 4 is 11.6 Å². The van der Waals surface area contributed by atoms with Crippen molar-refractivity contribution in [2.45, 2.75) is 19.5 Å². The summed E-state index contributed by atoms with van der Waals surface area (Å²) in [5.74, 6) is 1.48. The Hall–Kier alpha value is -1.40. The molecular formula is C18H22ClN3O2. The van der Waals surface area contributed by atoms with Gasteiger partial charge in [0.05, 0.1) is 29.5 Å². The number of oxazole rings is 1. The molecule has 0 unspecified atom stereocenters. The largest absolute Gasteiger partial charge is 0.441 e. The molecule has 128 valence electrons. The minimum atomic E-state index is 0.610. The van der Waals surface area contributed by atoms with Gasteiger partial charge in [-0.3, -0.25) is 9.80 Å². The maximum absolute atomic E-state index is 6.24. The number of aromatic nitrogens is 1. The smallest absolute Gasteiger partial charge is 0.228 e. The first-order chi connectivity index (χ1) is 11.7. The number of hydrogen-bond acceptors (Lipinski definition) is 5. The molecule has 0 atom stereocenters. The lowest BCUT2D eigenvalue weighted by atomic mass is 10.1. The highest BCUT2D eigenvalue weighted by atomic mass is 35.5. The van der Waals surface area contributed by atoms with Gasteiger partial charge in [-0.25, -0.2) is 4.98 Å². The highest BCUT2D eigenvalue weighted by molar-refractivity contribution is 6.33. The molecule has 3 heterocycles. The van der Waals surface area contributed by atoms with E-state index in [1.54, 1.807) is 0 Å². The fourth-order valence-corrected chi connectivity index (χ4v) is 3.60. The van der Waals surface area contributed by atoms with E-state index in [0.717, 1.165) is 63.0 Å². The van der Waals surface area contributed by atoms with Gasteiger partial charge in [-0.2, -0.15) is 0 Å². The fourth-order valence-electron chi connectivity index (χ4n) is 3.38. The third-order valence-corrected chi connectivity index (χ3v) is 5.20. The van der Waals surface area contributed by atoms with Crippen LogP contribution < -0.4 is 0 Å². The van der Waals surface area contributed by atoms with Crippen LogP contribution in [0, 0.1) is 6.92 Å². The number of likely N-dealkylation sites (tertiary alicyclic amines) is 1. The van der Waals surface area contributed by atoms with Crippen LogP contribution in [0.15, 0.2) is 28.7 Å². The molecule has 6 heteroatoms. The molecule has 1 aromatic heterocycles. The van der Waals surface area contributed by atoms with Gasteiger partial charge in [0.2, 0.25) is 5.89 Å². The summed E-state index contributed by atoms with van der Waals surface area (Å²) in [6, 6.07) is 8.31. The van der Waals surface area contributed by atoms with Crippen LogP contribution in [0.25, 0.3) is 11.5 Å². The second kappa shape index (κ2) is 6.84. The summed E-state index contributed by atoms with van der Waals surface area (Å²) in [6.07, 6.45) is 0. The fraction of sp³-hybridized carbons (Fsp3) is 0.500. The van der Waals surface area contributed by atoms with E-state index in [1.807, 2.05) is 31.2 Å². The van der Waals surface area contributed by atoms with Crippen LogP contribution in [0.3, 0.4) is 0 Å². The monoisotopic (exact) mass is 347 g/mol. The summed E-state index contributed by atoms with van der Waals surface area (Å²) in [7, 11) is 0. The van der Waals surface area contributed by atoms with Gasteiger partial charge < -0.3 is 9.15 Å². The van der Waals surface area contributed by atoms with Crippen LogP contribution in [0.2, 0.25) is 5.02 Å². The Bertz CT molecular complexity index is 706. The summed E-state index contributed by atoms with van der Waals surface area (Å²) in [5, 5.41) is 0.668. The molecule has 2 aliphatic rings.